The lowest BCUT2D eigenvalue weighted by Crippen LogP contribution is -2.32. The Bertz CT molecular complexity index is 732. The standard InChI is InChI=1S/C21H29NO4/c1-6-25-18-9-8-14(11-19(18)26-7-2)10-16(23)20-15(22-5)12-21(3,4)13-17(20)24/h8-9,11,23H,6-7,10,12-13H2,1-5H3/b20-16-,22-15?. The highest BCUT2D eigenvalue weighted by molar-refractivity contribution is 6.24. The van der Waals surface area contributed by atoms with Crippen LogP contribution >= 0.6 is 0 Å². The van der Waals surface area contributed by atoms with Gasteiger partial charge in [-0.3, -0.25) is 9.79 Å². The van der Waals surface area contributed by atoms with Crippen LogP contribution in [-0.2, 0) is 11.2 Å². The molecule has 0 atom stereocenters. The van der Waals surface area contributed by atoms with Crippen molar-refractivity contribution in [3.8, 4) is 11.5 Å². The summed E-state index contributed by atoms with van der Waals surface area (Å²) in [6.45, 7) is 9.00. The van der Waals surface area contributed by atoms with Crippen molar-refractivity contribution >= 4 is 11.5 Å². The zero-order valence-corrected chi connectivity index (χ0v) is 16.4. The number of aliphatic hydroxyl groups excluding tert-OH is 1. The average molecular weight is 359 g/mol. The summed E-state index contributed by atoms with van der Waals surface area (Å²) < 4.78 is 11.2. The van der Waals surface area contributed by atoms with Crippen LogP contribution in [0.1, 0.15) is 46.1 Å². The highest BCUT2D eigenvalue weighted by Crippen LogP contribution is 2.36. The fourth-order valence-corrected chi connectivity index (χ4v) is 3.29. The summed E-state index contributed by atoms with van der Waals surface area (Å²) >= 11 is 0. The van der Waals surface area contributed by atoms with Gasteiger partial charge in [-0.05, 0) is 43.4 Å². The smallest absolute Gasteiger partial charge is 0.168 e. The first kappa shape index (κ1) is 20.0. The van der Waals surface area contributed by atoms with Gasteiger partial charge >= 0.3 is 0 Å². The van der Waals surface area contributed by atoms with E-state index < -0.39 is 0 Å². The minimum atomic E-state index is -0.128. The number of Topliss-reactive ketones (excluding diaryl/α,β-unsaturated/α-hetero) is 1. The van der Waals surface area contributed by atoms with Crippen molar-refractivity contribution in [2.75, 3.05) is 20.3 Å². The molecule has 5 heteroatoms. The van der Waals surface area contributed by atoms with Gasteiger partial charge < -0.3 is 14.6 Å². The molecule has 5 nitrogen and oxygen atoms in total. The van der Waals surface area contributed by atoms with Crippen molar-refractivity contribution in [3.63, 3.8) is 0 Å². The molecule has 2 rings (SSSR count). The van der Waals surface area contributed by atoms with E-state index in [0.717, 1.165) is 5.56 Å². The first-order valence-corrected chi connectivity index (χ1v) is 9.11. The molecular weight excluding hydrogens is 330 g/mol. The molecule has 0 aliphatic heterocycles. The third-order valence-electron chi connectivity index (χ3n) is 4.39. The van der Waals surface area contributed by atoms with Gasteiger partial charge in [0.2, 0.25) is 0 Å². The van der Waals surface area contributed by atoms with Crippen LogP contribution in [0.3, 0.4) is 0 Å². The van der Waals surface area contributed by atoms with E-state index in [2.05, 4.69) is 4.99 Å². The molecule has 1 aromatic rings. The molecule has 0 radical (unpaired) electrons. The van der Waals surface area contributed by atoms with Gasteiger partial charge in [-0.2, -0.15) is 0 Å². The monoisotopic (exact) mass is 359 g/mol. The minimum Gasteiger partial charge on any atom is -0.511 e. The van der Waals surface area contributed by atoms with E-state index in [1.54, 1.807) is 7.05 Å². The van der Waals surface area contributed by atoms with Gasteiger partial charge in [0.05, 0.1) is 18.8 Å². The number of hydrogen-bond acceptors (Lipinski definition) is 5. The molecule has 0 amide bonds. The lowest BCUT2D eigenvalue weighted by atomic mass is 9.73. The molecule has 0 saturated heterocycles. The van der Waals surface area contributed by atoms with Gasteiger partial charge in [0.15, 0.2) is 17.3 Å². The number of aliphatic imine (C=N–C) groups is 1. The number of aliphatic hydroxyl groups is 1. The predicted molar refractivity (Wildman–Crippen MR) is 104 cm³/mol. The zero-order valence-electron chi connectivity index (χ0n) is 16.4. The van der Waals surface area contributed by atoms with Crippen molar-refractivity contribution in [1.82, 2.24) is 0 Å². The number of ketones is 1. The number of benzene rings is 1. The van der Waals surface area contributed by atoms with Gasteiger partial charge in [0.1, 0.15) is 5.76 Å². The second-order valence-electron chi connectivity index (χ2n) is 7.26. The first-order valence-electron chi connectivity index (χ1n) is 9.11. The Kier molecular flexibility index (Phi) is 6.46. The summed E-state index contributed by atoms with van der Waals surface area (Å²) in [5.41, 5.74) is 1.78. The topological polar surface area (TPSA) is 68.1 Å². The second-order valence-corrected chi connectivity index (χ2v) is 7.26. The SMILES string of the molecule is CCOc1ccc(C/C(O)=C2/C(=O)CC(C)(C)CC2=NC)cc1OCC. The molecule has 0 aromatic heterocycles. The van der Waals surface area contributed by atoms with Crippen LogP contribution in [0.25, 0.3) is 0 Å². The quantitative estimate of drug-likeness (QED) is 0.607. The molecule has 1 saturated carbocycles. The van der Waals surface area contributed by atoms with Crippen LogP contribution < -0.4 is 9.47 Å². The predicted octanol–water partition coefficient (Wildman–Crippen LogP) is 4.30. The van der Waals surface area contributed by atoms with Gasteiger partial charge in [-0.15, -0.1) is 0 Å². The Morgan fingerprint density at radius 2 is 1.81 bits per heavy atom. The van der Waals surface area contributed by atoms with E-state index in [1.165, 1.54) is 0 Å². The first-order chi connectivity index (χ1) is 12.3. The third-order valence-corrected chi connectivity index (χ3v) is 4.39. The van der Waals surface area contributed by atoms with Crippen molar-refractivity contribution in [2.24, 2.45) is 10.4 Å². The normalized spacial score (nSPS) is 20.2. The number of ether oxygens (including phenoxy) is 2. The molecule has 0 spiro atoms. The van der Waals surface area contributed by atoms with Crippen LogP contribution in [0.2, 0.25) is 0 Å². The maximum absolute atomic E-state index is 12.6. The van der Waals surface area contributed by atoms with Crippen LogP contribution in [0.4, 0.5) is 0 Å². The van der Waals surface area contributed by atoms with Gasteiger partial charge in [0, 0.05) is 25.6 Å². The molecule has 142 valence electrons. The lowest BCUT2D eigenvalue weighted by Gasteiger charge is -2.31. The number of carbonyl (C=O) groups excluding carboxylic acids is 1. The summed E-state index contributed by atoms with van der Waals surface area (Å²) in [6, 6.07) is 5.57. The van der Waals surface area contributed by atoms with Gasteiger partial charge in [-0.25, -0.2) is 0 Å². The Morgan fingerprint density at radius 1 is 1.15 bits per heavy atom. The number of carbonyl (C=O) groups is 1. The van der Waals surface area contributed by atoms with E-state index >= 15 is 0 Å². The van der Waals surface area contributed by atoms with E-state index in [-0.39, 0.29) is 23.4 Å². The number of nitrogens with zero attached hydrogens (tertiary/aromatic N) is 1. The summed E-state index contributed by atoms with van der Waals surface area (Å²) in [4.78, 5) is 16.8. The third kappa shape index (κ3) is 4.65. The summed E-state index contributed by atoms with van der Waals surface area (Å²) in [5, 5.41) is 10.7. The second kappa shape index (κ2) is 8.39. The van der Waals surface area contributed by atoms with Crippen molar-refractivity contribution < 1.29 is 19.4 Å². The maximum atomic E-state index is 12.6. The maximum Gasteiger partial charge on any atom is 0.168 e. The van der Waals surface area contributed by atoms with Crippen LogP contribution in [-0.4, -0.2) is 36.9 Å². The van der Waals surface area contributed by atoms with Crippen LogP contribution in [0, 0.1) is 5.41 Å². The molecule has 1 fully saturated rings. The molecule has 0 heterocycles. The van der Waals surface area contributed by atoms with E-state index in [9.17, 15) is 9.90 Å². The molecule has 1 aliphatic rings. The summed E-state index contributed by atoms with van der Waals surface area (Å²) in [5.74, 6) is 1.34. The van der Waals surface area contributed by atoms with Crippen LogP contribution in [0.5, 0.6) is 11.5 Å². The summed E-state index contributed by atoms with van der Waals surface area (Å²) in [7, 11) is 1.67. The van der Waals surface area contributed by atoms with Crippen LogP contribution in [0.15, 0.2) is 34.5 Å². The number of allylic oxidation sites excluding steroid dienone is 2. The number of hydrogen-bond donors (Lipinski definition) is 1. The molecule has 1 aliphatic carbocycles. The van der Waals surface area contributed by atoms with E-state index in [0.29, 0.717) is 48.8 Å². The lowest BCUT2D eigenvalue weighted by molar-refractivity contribution is -0.117. The largest absolute Gasteiger partial charge is 0.511 e. The highest BCUT2D eigenvalue weighted by atomic mass is 16.5. The molecular formula is C21H29NO4. The molecule has 0 bridgehead atoms. The minimum absolute atomic E-state index is 0.0460. The Balaban J connectivity index is 2.33. The highest BCUT2D eigenvalue weighted by Gasteiger charge is 2.35. The van der Waals surface area contributed by atoms with E-state index in [4.69, 9.17) is 9.47 Å². The molecule has 1 aromatic carbocycles. The van der Waals surface area contributed by atoms with Gasteiger partial charge in [0.25, 0.3) is 0 Å². The molecule has 0 unspecified atom stereocenters. The summed E-state index contributed by atoms with van der Waals surface area (Å²) in [6.07, 6.45) is 1.36. The Morgan fingerprint density at radius 3 is 2.42 bits per heavy atom. The molecule has 1 N–H and O–H groups in total. The van der Waals surface area contributed by atoms with Crippen molar-refractivity contribution in [3.05, 3.63) is 35.1 Å². The van der Waals surface area contributed by atoms with Crippen molar-refractivity contribution in [1.29, 1.82) is 0 Å². The Labute approximate surface area is 155 Å². The zero-order chi connectivity index (χ0) is 19.3. The van der Waals surface area contributed by atoms with Crippen molar-refractivity contribution in [2.45, 2.75) is 47.0 Å². The number of rotatable bonds is 6. The fourth-order valence-electron chi connectivity index (χ4n) is 3.29. The Hall–Kier alpha value is -2.30. The van der Waals surface area contributed by atoms with E-state index in [1.807, 2.05) is 45.9 Å². The van der Waals surface area contributed by atoms with Gasteiger partial charge in [-0.1, -0.05) is 19.9 Å². The molecule has 26 heavy (non-hydrogen) atoms. The average Bonchev–Trinajstić information content (AvgIpc) is 2.55. The fraction of sp³-hybridized carbons (Fsp3) is 0.524.